The molecule has 0 bridgehead atoms. The molecule has 2 N–H and O–H groups in total. The summed E-state index contributed by atoms with van der Waals surface area (Å²) in [6.45, 7) is 2.44. The highest BCUT2D eigenvalue weighted by molar-refractivity contribution is 5.73. The van der Waals surface area contributed by atoms with Crippen molar-refractivity contribution in [2.24, 2.45) is 11.7 Å². The topological polar surface area (TPSA) is 46.3 Å². The molecule has 13 heavy (non-hydrogen) atoms. The normalized spacial score (nSPS) is 28.5. The summed E-state index contributed by atoms with van der Waals surface area (Å²) in [6, 6.07) is 0.459. The van der Waals surface area contributed by atoms with E-state index in [9.17, 15) is 4.79 Å². The van der Waals surface area contributed by atoms with Gasteiger partial charge < -0.3 is 10.6 Å². The van der Waals surface area contributed by atoms with Crippen molar-refractivity contribution in [1.82, 2.24) is 4.90 Å². The maximum absolute atomic E-state index is 11.1. The van der Waals surface area contributed by atoms with Gasteiger partial charge in [-0.05, 0) is 38.1 Å². The Hall–Kier alpha value is -0.570. The molecule has 3 heteroatoms. The lowest BCUT2D eigenvalue weighted by molar-refractivity contribution is -0.130. The maximum atomic E-state index is 11.1. The van der Waals surface area contributed by atoms with Crippen molar-refractivity contribution in [2.75, 3.05) is 13.6 Å². The van der Waals surface area contributed by atoms with Gasteiger partial charge in [-0.1, -0.05) is 0 Å². The van der Waals surface area contributed by atoms with Gasteiger partial charge in [0.15, 0.2) is 0 Å². The summed E-state index contributed by atoms with van der Waals surface area (Å²) in [5.41, 5.74) is 5.60. The third-order valence-corrected chi connectivity index (χ3v) is 3.19. The van der Waals surface area contributed by atoms with Gasteiger partial charge in [-0.15, -0.1) is 0 Å². The second-order valence-electron chi connectivity index (χ2n) is 4.04. The van der Waals surface area contributed by atoms with Crippen LogP contribution >= 0.6 is 0 Å². The monoisotopic (exact) mass is 184 g/mol. The highest BCUT2D eigenvalue weighted by Crippen LogP contribution is 2.26. The van der Waals surface area contributed by atoms with Crippen molar-refractivity contribution in [3.8, 4) is 0 Å². The van der Waals surface area contributed by atoms with E-state index >= 15 is 0 Å². The van der Waals surface area contributed by atoms with Crippen LogP contribution in [0, 0.1) is 5.92 Å². The molecule has 0 saturated heterocycles. The van der Waals surface area contributed by atoms with Gasteiger partial charge >= 0.3 is 0 Å². The Balaban J connectivity index is 2.36. The molecule has 0 radical (unpaired) electrons. The van der Waals surface area contributed by atoms with Crippen LogP contribution in [-0.4, -0.2) is 30.4 Å². The van der Waals surface area contributed by atoms with Gasteiger partial charge in [0.25, 0.3) is 0 Å². The summed E-state index contributed by atoms with van der Waals surface area (Å²) in [6.07, 6.45) is 4.60. The first-order valence-electron chi connectivity index (χ1n) is 5.08. The lowest BCUT2D eigenvalue weighted by atomic mass is 9.85. The second-order valence-corrected chi connectivity index (χ2v) is 4.04. The minimum absolute atomic E-state index is 0.177. The lowest BCUT2D eigenvalue weighted by Crippen LogP contribution is -2.39. The van der Waals surface area contributed by atoms with Gasteiger partial charge in [-0.25, -0.2) is 0 Å². The van der Waals surface area contributed by atoms with Crippen molar-refractivity contribution in [2.45, 2.75) is 38.6 Å². The van der Waals surface area contributed by atoms with Crippen LogP contribution in [0.15, 0.2) is 0 Å². The van der Waals surface area contributed by atoms with E-state index in [0.29, 0.717) is 12.0 Å². The molecule has 0 atom stereocenters. The predicted octanol–water partition coefficient (Wildman–Crippen LogP) is 0.982. The van der Waals surface area contributed by atoms with Crippen LogP contribution in [0.2, 0.25) is 0 Å². The molecular formula is C10H20N2O. The lowest BCUT2D eigenvalue weighted by Gasteiger charge is -2.33. The summed E-state index contributed by atoms with van der Waals surface area (Å²) in [5.74, 6) is 0.868. The van der Waals surface area contributed by atoms with Crippen LogP contribution in [0.4, 0.5) is 0 Å². The molecule has 1 aliphatic carbocycles. The van der Waals surface area contributed by atoms with E-state index < -0.39 is 0 Å². The largest absolute Gasteiger partial charge is 0.343 e. The zero-order valence-corrected chi connectivity index (χ0v) is 8.62. The SMILES string of the molecule is CC(=O)N(C)C1CCC(CN)CC1. The zero-order valence-electron chi connectivity index (χ0n) is 8.62. The summed E-state index contributed by atoms with van der Waals surface area (Å²) in [4.78, 5) is 13.0. The number of carbonyl (C=O) groups excluding carboxylic acids is 1. The molecular weight excluding hydrogens is 164 g/mol. The first-order valence-corrected chi connectivity index (χ1v) is 5.08. The van der Waals surface area contributed by atoms with Crippen molar-refractivity contribution >= 4 is 5.91 Å². The Morgan fingerprint density at radius 2 is 1.92 bits per heavy atom. The first kappa shape index (κ1) is 10.5. The number of amides is 1. The first-order chi connectivity index (χ1) is 6.15. The van der Waals surface area contributed by atoms with Gasteiger partial charge in [0.1, 0.15) is 0 Å². The van der Waals surface area contributed by atoms with E-state index in [1.165, 1.54) is 12.8 Å². The summed E-state index contributed by atoms with van der Waals surface area (Å²) >= 11 is 0. The number of hydrogen-bond acceptors (Lipinski definition) is 2. The molecule has 1 saturated carbocycles. The van der Waals surface area contributed by atoms with Crippen LogP contribution in [0.1, 0.15) is 32.6 Å². The Bertz CT molecular complexity index is 174. The van der Waals surface area contributed by atoms with Gasteiger partial charge in [-0.2, -0.15) is 0 Å². The average Bonchev–Trinajstić information content (AvgIpc) is 2.17. The molecule has 1 amide bonds. The molecule has 0 unspecified atom stereocenters. The predicted molar refractivity (Wildman–Crippen MR) is 53.2 cm³/mol. The van der Waals surface area contributed by atoms with Crippen molar-refractivity contribution in [1.29, 1.82) is 0 Å². The number of nitrogens with two attached hydrogens (primary N) is 1. The van der Waals surface area contributed by atoms with Crippen LogP contribution in [-0.2, 0) is 4.79 Å². The highest BCUT2D eigenvalue weighted by atomic mass is 16.2. The van der Waals surface area contributed by atoms with Gasteiger partial charge in [0, 0.05) is 20.0 Å². The Kier molecular flexibility index (Phi) is 3.72. The van der Waals surface area contributed by atoms with Gasteiger partial charge in [-0.3, -0.25) is 4.79 Å². The molecule has 76 valence electrons. The molecule has 0 aromatic rings. The molecule has 0 aromatic heterocycles. The van der Waals surface area contributed by atoms with Crippen LogP contribution in [0.25, 0.3) is 0 Å². The van der Waals surface area contributed by atoms with E-state index in [0.717, 1.165) is 19.4 Å². The molecule has 1 fully saturated rings. The number of nitrogens with zero attached hydrogens (tertiary/aromatic N) is 1. The fraction of sp³-hybridized carbons (Fsp3) is 0.900. The smallest absolute Gasteiger partial charge is 0.219 e. The van der Waals surface area contributed by atoms with Crippen molar-refractivity contribution in [3.63, 3.8) is 0 Å². The molecule has 0 aliphatic heterocycles. The minimum atomic E-state index is 0.177. The minimum Gasteiger partial charge on any atom is -0.343 e. The third-order valence-electron chi connectivity index (χ3n) is 3.19. The van der Waals surface area contributed by atoms with E-state index in [4.69, 9.17) is 5.73 Å². The van der Waals surface area contributed by atoms with Crippen LogP contribution in [0.5, 0.6) is 0 Å². The standard InChI is InChI=1S/C10H20N2O/c1-8(13)12(2)10-5-3-9(7-11)4-6-10/h9-10H,3-7,11H2,1-2H3. The van der Waals surface area contributed by atoms with E-state index in [1.54, 1.807) is 6.92 Å². The van der Waals surface area contributed by atoms with Gasteiger partial charge in [0.2, 0.25) is 5.91 Å². The van der Waals surface area contributed by atoms with E-state index in [2.05, 4.69) is 0 Å². The van der Waals surface area contributed by atoms with Gasteiger partial charge in [0.05, 0.1) is 0 Å². The Labute approximate surface area is 80.3 Å². The molecule has 0 heterocycles. The number of rotatable bonds is 2. The summed E-state index contributed by atoms with van der Waals surface area (Å²) in [7, 11) is 1.90. The fourth-order valence-electron chi connectivity index (χ4n) is 2.02. The molecule has 0 spiro atoms. The van der Waals surface area contributed by atoms with E-state index in [-0.39, 0.29) is 5.91 Å². The molecule has 0 aromatic carbocycles. The molecule has 1 rings (SSSR count). The van der Waals surface area contributed by atoms with E-state index in [1.807, 2.05) is 11.9 Å². The summed E-state index contributed by atoms with van der Waals surface area (Å²) in [5, 5.41) is 0. The number of hydrogen-bond donors (Lipinski definition) is 1. The average molecular weight is 184 g/mol. The maximum Gasteiger partial charge on any atom is 0.219 e. The number of carbonyl (C=O) groups is 1. The zero-order chi connectivity index (χ0) is 9.84. The highest BCUT2D eigenvalue weighted by Gasteiger charge is 2.24. The van der Waals surface area contributed by atoms with Crippen LogP contribution < -0.4 is 5.73 Å². The van der Waals surface area contributed by atoms with Crippen molar-refractivity contribution in [3.05, 3.63) is 0 Å². The molecule has 3 nitrogen and oxygen atoms in total. The quantitative estimate of drug-likeness (QED) is 0.695. The Morgan fingerprint density at radius 3 is 2.31 bits per heavy atom. The summed E-state index contributed by atoms with van der Waals surface area (Å²) < 4.78 is 0. The second kappa shape index (κ2) is 4.61. The molecule has 1 aliphatic rings. The van der Waals surface area contributed by atoms with Crippen LogP contribution in [0.3, 0.4) is 0 Å². The van der Waals surface area contributed by atoms with Crippen molar-refractivity contribution < 1.29 is 4.79 Å². The fourth-order valence-corrected chi connectivity index (χ4v) is 2.02. The Morgan fingerprint density at radius 1 is 1.38 bits per heavy atom. The third kappa shape index (κ3) is 2.69.